The fourth-order valence-electron chi connectivity index (χ4n) is 2.68. The second-order valence-electron chi connectivity index (χ2n) is 6.03. The second kappa shape index (κ2) is 8.78. The Hall–Kier alpha value is -3.72. The SMILES string of the molecule is O=C(O)CN(Cc1ccc(C(=O)O)cc1)Cc1ccc(C(=O)O)c(C(=O)O)c1. The fraction of sp³-hybridized carbons (Fsp3) is 0.158. The summed E-state index contributed by atoms with van der Waals surface area (Å²) in [5.41, 5.74) is 0.470. The van der Waals surface area contributed by atoms with Crippen LogP contribution in [-0.4, -0.2) is 55.7 Å². The number of carbonyl (C=O) groups is 4. The van der Waals surface area contributed by atoms with Crippen molar-refractivity contribution in [3.8, 4) is 0 Å². The van der Waals surface area contributed by atoms with Gasteiger partial charge in [0.15, 0.2) is 0 Å². The first-order valence-corrected chi connectivity index (χ1v) is 8.03. The maximum Gasteiger partial charge on any atom is 0.336 e. The minimum atomic E-state index is -1.40. The molecular weight excluding hydrogens is 370 g/mol. The van der Waals surface area contributed by atoms with Gasteiger partial charge >= 0.3 is 23.9 Å². The molecule has 2 aromatic rings. The van der Waals surface area contributed by atoms with Crippen LogP contribution in [0.1, 0.15) is 42.2 Å². The largest absolute Gasteiger partial charge is 0.480 e. The van der Waals surface area contributed by atoms with Crippen LogP contribution in [0.15, 0.2) is 42.5 Å². The van der Waals surface area contributed by atoms with Crippen LogP contribution in [-0.2, 0) is 17.9 Å². The topological polar surface area (TPSA) is 152 Å². The first-order chi connectivity index (χ1) is 13.2. The summed E-state index contributed by atoms with van der Waals surface area (Å²) in [6, 6.07) is 9.73. The molecule has 9 nitrogen and oxygen atoms in total. The Morgan fingerprint density at radius 1 is 0.679 bits per heavy atom. The van der Waals surface area contributed by atoms with Crippen molar-refractivity contribution in [3.63, 3.8) is 0 Å². The van der Waals surface area contributed by atoms with Crippen LogP contribution in [0.2, 0.25) is 0 Å². The molecule has 0 unspecified atom stereocenters. The third kappa shape index (κ3) is 5.39. The normalized spacial score (nSPS) is 10.6. The highest BCUT2D eigenvalue weighted by Gasteiger charge is 2.18. The number of carboxylic acids is 4. The Labute approximate surface area is 159 Å². The Bertz CT molecular complexity index is 920. The molecule has 146 valence electrons. The molecule has 0 radical (unpaired) electrons. The molecule has 0 heterocycles. The van der Waals surface area contributed by atoms with E-state index in [1.807, 2.05) is 0 Å². The molecule has 0 aliphatic carbocycles. The van der Waals surface area contributed by atoms with E-state index < -0.39 is 23.9 Å². The van der Waals surface area contributed by atoms with E-state index in [9.17, 15) is 24.3 Å². The van der Waals surface area contributed by atoms with Gasteiger partial charge in [0, 0.05) is 13.1 Å². The van der Waals surface area contributed by atoms with Crippen LogP contribution in [0.4, 0.5) is 0 Å². The van der Waals surface area contributed by atoms with E-state index >= 15 is 0 Å². The van der Waals surface area contributed by atoms with Crippen LogP contribution in [0.25, 0.3) is 0 Å². The van der Waals surface area contributed by atoms with Gasteiger partial charge in [-0.15, -0.1) is 0 Å². The monoisotopic (exact) mass is 387 g/mol. The lowest BCUT2D eigenvalue weighted by molar-refractivity contribution is -0.138. The van der Waals surface area contributed by atoms with Crippen LogP contribution < -0.4 is 0 Å². The molecule has 2 aromatic carbocycles. The van der Waals surface area contributed by atoms with Crippen LogP contribution >= 0.6 is 0 Å². The average Bonchev–Trinajstić information content (AvgIpc) is 2.61. The van der Waals surface area contributed by atoms with E-state index in [2.05, 4.69) is 0 Å². The lowest BCUT2D eigenvalue weighted by Gasteiger charge is -2.21. The lowest BCUT2D eigenvalue weighted by Crippen LogP contribution is -2.29. The second-order valence-corrected chi connectivity index (χ2v) is 6.03. The van der Waals surface area contributed by atoms with Gasteiger partial charge in [-0.3, -0.25) is 9.69 Å². The first-order valence-electron chi connectivity index (χ1n) is 8.03. The van der Waals surface area contributed by atoms with Crippen LogP contribution in [0.3, 0.4) is 0 Å². The first kappa shape index (κ1) is 20.6. The maximum atomic E-state index is 11.3. The number of benzene rings is 2. The number of hydrogen-bond acceptors (Lipinski definition) is 5. The van der Waals surface area contributed by atoms with Crippen LogP contribution in [0.5, 0.6) is 0 Å². The number of aliphatic carboxylic acids is 1. The molecule has 28 heavy (non-hydrogen) atoms. The van der Waals surface area contributed by atoms with E-state index in [1.165, 1.54) is 35.2 Å². The van der Waals surface area contributed by atoms with E-state index in [4.69, 9.17) is 15.3 Å². The molecular formula is C19H17NO8. The molecule has 0 atom stereocenters. The van der Waals surface area contributed by atoms with Gasteiger partial charge in [0.1, 0.15) is 0 Å². The molecule has 4 N–H and O–H groups in total. The van der Waals surface area contributed by atoms with Gasteiger partial charge in [-0.1, -0.05) is 18.2 Å². The van der Waals surface area contributed by atoms with Crippen molar-refractivity contribution in [3.05, 3.63) is 70.3 Å². The summed E-state index contributed by atoms with van der Waals surface area (Å²) in [6.07, 6.45) is 0. The van der Waals surface area contributed by atoms with E-state index in [0.29, 0.717) is 11.1 Å². The third-order valence-electron chi connectivity index (χ3n) is 3.92. The van der Waals surface area contributed by atoms with Gasteiger partial charge in [0.25, 0.3) is 0 Å². The molecule has 0 bridgehead atoms. The molecule has 0 fully saturated rings. The molecule has 9 heteroatoms. The maximum absolute atomic E-state index is 11.3. The molecule has 0 saturated heterocycles. The van der Waals surface area contributed by atoms with Crippen molar-refractivity contribution in [2.45, 2.75) is 13.1 Å². The Morgan fingerprint density at radius 2 is 1.21 bits per heavy atom. The Morgan fingerprint density at radius 3 is 1.71 bits per heavy atom. The van der Waals surface area contributed by atoms with Crippen molar-refractivity contribution < 1.29 is 39.6 Å². The summed E-state index contributed by atoms with van der Waals surface area (Å²) in [7, 11) is 0. The standard InChI is InChI=1S/C19H17NO8/c21-16(22)10-20(8-11-1-4-13(5-2-11)17(23)24)9-12-3-6-14(18(25)26)15(7-12)19(27)28/h1-7H,8-10H2,(H,21,22)(H,23,24)(H,25,26)(H,27,28). The fourth-order valence-corrected chi connectivity index (χ4v) is 2.68. The number of carboxylic acid groups (broad SMARTS) is 4. The molecule has 0 aliphatic rings. The summed E-state index contributed by atoms with van der Waals surface area (Å²) in [5, 5.41) is 36.3. The summed E-state index contributed by atoms with van der Waals surface area (Å²) in [6.45, 7) is -0.105. The molecule has 0 saturated carbocycles. The zero-order valence-electron chi connectivity index (χ0n) is 14.5. The van der Waals surface area contributed by atoms with Crippen LogP contribution in [0, 0.1) is 0 Å². The summed E-state index contributed by atoms with van der Waals surface area (Å²) < 4.78 is 0. The Kier molecular flexibility index (Phi) is 6.46. The van der Waals surface area contributed by atoms with Gasteiger partial charge < -0.3 is 20.4 Å². The van der Waals surface area contributed by atoms with Gasteiger partial charge in [0.2, 0.25) is 0 Å². The molecule has 0 aromatic heterocycles. The van der Waals surface area contributed by atoms with Crippen molar-refractivity contribution in [2.75, 3.05) is 6.54 Å². The van der Waals surface area contributed by atoms with Crippen molar-refractivity contribution in [2.24, 2.45) is 0 Å². The quantitative estimate of drug-likeness (QED) is 0.505. The number of nitrogens with zero attached hydrogens (tertiary/aromatic N) is 1. The lowest BCUT2D eigenvalue weighted by atomic mass is 10.0. The highest BCUT2D eigenvalue weighted by Crippen LogP contribution is 2.16. The van der Waals surface area contributed by atoms with Gasteiger partial charge in [-0.25, -0.2) is 14.4 Å². The van der Waals surface area contributed by atoms with E-state index in [-0.39, 0.29) is 36.3 Å². The van der Waals surface area contributed by atoms with Crippen molar-refractivity contribution >= 4 is 23.9 Å². The van der Waals surface area contributed by atoms with Gasteiger partial charge in [0.05, 0.1) is 23.2 Å². The zero-order chi connectivity index (χ0) is 20.8. The zero-order valence-corrected chi connectivity index (χ0v) is 14.5. The van der Waals surface area contributed by atoms with E-state index in [1.54, 1.807) is 12.1 Å². The number of hydrogen-bond donors (Lipinski definition) is 4. The van der Waals surface area contributed by atoms with Gasteiger partial charge in [-0.2, -0.15) is 0 Å². The van der Waals surface area contributed by atoms with Gasteiger partial charge in [-0.05, 0) is 35.4 Å². The molecule has 2 rings (SSSR count). The summed E-state index contributed by atoms with van der Waals surface area (Å²) >= 11 is 0. The highest BCUT2D eigenvalue weighted by molar-refractivity contribution is 6.01. The van der Waals surface area contributed by atoms with E-state index in [0.717, 1.165) is 0 Å². The summed E-state index contributed by atoms with van der Waals surface area (Å²) in [5.74, 6) is -4.94. The molecule has 0 amide bonds. The number of aromatic carboxylic acids is 3. The van der Waals surface area contributed by atoms with Crippen molar-refractivity contribution in [1.29, 1.82) is 0 Å². The minimum absolute atomic E-state index is 0.0627. The average molecular weight is 387 g/mol. The molecule has 0 spiro atoms. The minimum Gasteiger partial charge on any atom is -0.480 e. The predicted molar refractivity (Wildman–Crippen MR) is 95.5 cm³/mol. The Balaban J connectivity index is 2.25. The third-order valence-corrected chi connectivity index (χ3v) is 3.92. The smallest absolute Gasteiger partial charge is 0.336 e. The summed E-state index contributed by atoms with van der Waals surface area (Å²) in [4.78, 5) is 46.0. The molecule has 0 aliphatic heterocycles. The highest BCUT2D eigenvalue weighted by atomic mass is 16.4. The van der Waals surface area contributed by atoms with Crippen molar-refractivity contribution in [1.82, 2.24) is 4.90 Å². The predicted octanol–water partition coefficient (Wildman–Crippen LogP) is 1.87. The number of rotatable bonds is 9.